The number of hydrogen-bond acceptors (Lipinski definition) is 2. The molecule has 0 heterocycles. The van der Waals surface area contributed by atoms with E-state index in [-0.39, 0.29) is 18.4 Å². The van der Waals surface area contributed by atoms with Crippen molar-refractivity contribution in [3.8, 4) is 0 Å². The van der Waals surface area contributed by atoms with Crippen molar-refractivity contribution < 1.29 is 14.9 Å². The minimum absolute atomic E-state index is 0.139. The molecule has 2 rings (SSSR count). The van der Waals surface area contributed by atoms with Crippen LogP contribution < -0.4 is 16.0 Å². The Hall–Kier alpha value is -2.08. The molecule has 126 valence electrons. The van der Waals surface area contributed by atoms with E-state index in [4.69, 9.17) is 23.2 Å². The van der Waals surface area contributed by atoms with Gasteiger partial charge in [0.15, 0.2) is 12.6 Å². The lowest BCUT2D eigenvalue weighted by Crippen LogP contribution is -2.89. The summed E-state index contributed by atoms with van der Waals surface area (Å²) in [6, 6.07) is 13.5. The maximum Gasteiger partial charge on any atom is 0.287 e. The third-order valence-corrected chi connectivity index (χ3v) is 3.83. The van der Waals surface area contributed by atoms with Gasteiger partial charge in [-0.25, -0.2) is 0 Å². The number of nitrogens with two attached hydrogens (primary N) is 1. The average molecular weight is 367 g/mol. The second-order valence-electron chi connectivity index (χ2n) is 5.15. The Morgan fingerprint density at radius 2 is 1.71 bits per heavy atom. The quantitative estimate of drug-likeness (QED) is 0.731. The fourth-order valence-corrected chi connectivity index (χ4v) is 2.75. The number of halogens is 2. The largest absolute Gasteiger partial charge is 0.354 e. The molecule has 7 heteroatoms. The van der Waals surface area contributed by atoms with Crippen molar-refractivity contribution in [2.45, 2.75) is 6.04 Å². The first-order valence-electron chi connectivity index (χ1n) is 7.35. The molecule has 0 bridgehead atoms. The first-order valence-corrected chi connectivity index (χ1v) is 8.11. The topological polar surface area (TPSA) is 74.8 Å². The van der Waals surface area contributed by atoms with Crippen LogP contribution in [0.3, 0.4) is 0 Å². The van der Waals surface area contributed by atoms with Crippen LogP contribution >= 0.6 is 23.2 Å². The van der Waals surface area contributed by atoms with Crippen molar-refractivity contribution >= 4 is 40.7 Å². The van der Waals surface area contributed by atoms with E-state index < -0.39 is 6.04 Å². The normalized spacial score (nSPS) is 11.6. The molecular formula is C17H18Cl2N3O2+. The molecule has 1 atom stereocenters. The molecule has 2 aromatic rings. The number of amides is 2. The molecule has 0 aliphatic carbocycles. The maximum absolute atomic E-state index is 12.7. The van der Waals surface area contributed by atoms with Gasteiger partial charge in [0, 0.05) is 28.3 Å². The van der Waals surface area contributed by atoms with Gasteiger partial charge in [0.25, 0.3) is 11.8 Å². The highest BCUT2D eigenvalue weighted by Gasteiger charge is 2.25. The van der Waals surface area contributed by atoms with Gasteiger partial charge in [-0.15, -0.1) is 0 Å². The second kappa shape index (κ2) is 8.68. The molecule has 0 aliphatic rings. The van der Waals surface area contributed by atoms with E-state index >= 15 is 0 Å². The Bertz CT molecular complexity index is 703. The van der Waals surface area contributed by atoms with Crippen LogP contribution in [0.25, 0.3) is 0 Å². The molecule has 0 saturated heterocycles. The summed E-state index contributed by atoms with van der Waals surface area (Å²) in [6.07, 6.45) is 0. The molecule has 0 radical (unpaired) electrons. The van der Waals surface area contributed by atoms with E-state index in [2.05, 4.69) is 10.6 Å². The third kappa shape index (κ3) is 5.23. The van der Waals surface area contributed by atoms with Crippen molar-refractivity contribution in [2.75, 3.05) is 18.9 Å². The summed E-state index contributed by atoms with van der Waals surface area (Å²) >= 11 is 11.9. The van der Waals surface area contributed by atoms with Crippen molar-refractivity contribution in [1.29, 1.82) is 0 Å². The highest BCUT2D eigenvalue weighted by atomic mass is 35.5. The van der Waals surface area contributed by atoms with Crippen molar-refractivity contribution in [3.05, 3.63) is 64.1 Å². The molecule has 2 aromatic carbocycles. The monoisotopic (exact) mass is 366 g/mol. The van der Waals surface area contributed by atoms with E-state index in [1.807, 2.05) is 30.3 Å². The van der Waals surface area contributed by atoms with Gasteiger partial charge in [0.2, 0.25) is 0 Å². The van der Waals surface area contributed by atoms with E-state index in [0.717, 1.165) is 5.56 Å². The smallest absolute Gasteiger partial charge is 0.287 e. The predicted molar refractivity (Wildman–Crippen MR) is 95.1 cm³/mol. The van der Waals surface area contributed by atoms with Gasteiger partial charge in [-0.1, -0.05) is 53.5 Å². The summed E-state index contributed by atoms with van der Waals surface area (Å²) in [4.78, 5) is 24.2. The molecule has 4 N–H and O–H groups in total. The molecule has 0 unspecified atom stereocenters. The van der Waals surface area contributed by atoms with Crippen LogP contribution in [-0.2, 0) is 9.59 Å². The van der Waals surface area contributed by atoms with Crippen LogP contribution in [0.2, 0.25) is 10.0 Å². The fraction of sp³-hybridized carbons (Fsp3) is 0.176. The standard InChI is InChI=1S/C17H17Cl2N3O2/c1-20-15(23)10-21-16(11-5-3-2-4-6-11)17(24)22-14-8-12(18)7-13(19)9-14/h2-9,16,21H,10H2,1H3,(H,20,23)(H,22,24)/p+1/t16-/m1/s1. The Morgan fingerprint density at radius 1 is 1.08 bits per heavy atom. The van der Waals surface area contributed by atoms with Crippen LogP contribution in [0.1, 0.15) is 11.6 Å². The Labute approximate surface area is 150 Å². The summed E-state index contributed by atoms with van der Waals surface area (Å²) in [5.74, 6) is -0.419. The van der Waals surface area contributed by atoms with Crippen molar-refractivity contribution in [3.63, 3.8) is 0 Å². The lowest BCUT2D eigenvalue weighted by atomic mass is 10.1. The summed E-state index contributed by atoms with van der Waals surface area (Å²) in [5, 5.41) is 7.88. The Balaban J connectivity index is 2.18. The number of rotatable bonds is 6. The molecule has 24 heavy (non-hydrogen) atoms. The van der Waals surface area contributed by atoms with Gasteiger partial charge in [-0.05, 0) is 18.2 Å². The van der Waals surface area contributed by atoms with Crippen LogP contribution in [-0.4, -0.2) is 25.4 Å². The zero-order valence-corrected chi connectivity index (χ0v) is 14.6. The predicted octanol–water partition coefficient (Wildman–Crippen LogP) is 1.98. The van der Waals surface area contributed by atoms with Crippen LogP contribution in [0.15, 0.2) is 48.5 Å². The van der Waals surface area contributed by atoms with Crippen molar-refractivity contribution in [2.24, 2.45) is 0 Å². The SMILES string of the molecule is CNC(=O)C[NH2+][C@@H](C(=O)Nc1cc(Cl)cc(Cl)c1)c1ccccc1. The van der Waals surface area contributed by atoms with Gasteiger partial charge in [-0.3, -0.25) is 9.59 Å². The van der Waals surface area contributed by atoms with Gasteiger partial charge >= 0.3 is 0 Å². The van der Waals surface area contributed by atoms with Crippen LogP contribution in [0, 0.1) is 0 Å². The first kappa shape index (κ1) is 18.3. The van der Waals surface area contributed by atoms with Crippen LogP contribution in [0.4, 0.5) is 5.69 Å². The van der Waals surface area contributed by atoms with Gasteiger partial charge in [0.05, 0.1) is 0 Å². The molecule has 0 spiro atoms. The number of nitrogens with one attached hydrogen (secondary N) is 2. The van der Waals surface area contributed by atoms with E-state index in [1.54, 1.807) is 30.6 Å². The Morgan fingerprint density at radius 3 is 2.29 bits per heavy atom. The minimum atomic E-state index is -0.568. The molecule has 2 amide bonds. The number of benzene rings is 2. The first-order chi connectivity index (χ1) is 11.5. The lowest BCUT2D eigenvalue weighted by molar-refractivity contribution is -0.672. The summed E-state index contributed by atoms with van der Waals surface area (Å²) in [6.45, 7) is 0.139. The number of quaternary nitrogens is 1. The maximum atomic E-state index is 12.7. The fourth-order valence-electron chi connectivity index (χ4n) is 2.23. The summed E-state index contributed by atoms with van der Waals surface area (Å²) in [7, 11) is 1.56. The van der Waals surface area contributed by atoms with E-state index in [1.165, 1.54) is 0 Å². The highest BCUT2D eigenvalue weighted by Crippen LogP contribution is 2.23. The number of anilines is 1. The number of likely N-dealkylation sites (N-methyl/N-ethyl adjacent to an activating group) is 1. The molecule has 0 saturated carbocycles. The number of carbonyl (C=O) groups excluding carboxylic acids is 2. The summed E-state index contributed by atoms with van der Waals surface area (Å²) < 4.78 is 0. The number of hydrogen-bond donors (Lipinski definition) is 3. The molecule has 0 aliphatic heterocycles. The Kier molecular flexibility index (Phi) is 6.61. The third-order valence-electron chi connectivity index (χ3n) is 3.39. The zero-order chi connectivity index (χ0) is 17.5. The summed E-state index contributed by atoms with van der Waals surface area (Å²) in [5.41, 5.74) is 1.30. The average Bonchev–Trinajstić information content (AvgIpc) is 2.54. The molecule has 5 nitrogen and oxygen atoms in total. The van der Waals surface area contributed by atoms with E-state index in [0.29, 0.717) is 15.7 Å². The lowest BCUT2D eigenvalue weighted by Gasteiger charge is -2.16. The van der Waals surface area contributed by atoms with Gasteiger partial charge < -0.3 is 16.0 Å². The zero-order valence-electron chi connectivity index (χ0n) is 13.1. The van der Waals surface area contributed by atoms with Crippen molar-refractivity contribution in [1.82, 2.24) is 5.32 Å². The van der Waals surface area contributed by atoms with Gasteiger partial charge in [-0.2, -0.15) is 0 Å². The highest BCUT2D eigenvalue weighted by molar-refractivity contribution is 6.35. The molecule has 0 aromatic heterocycles. The van der Waals surface area contributed by atoms with Gasteiger partial charge in [0.1, 0.15) is 0 Å². The van der Waals surface area contributed by atoms with Crippen LogP contribution in [0.5, 0.6) is 0 Å². The minimum Gasteiger partial charge on any atom is -0.354 e. The molecule has 0 fully saturated rings. The molecular weight excluding hydrogens is 349 g/mol. The number of carbonyl (C=O) groups is 2. The van der Waals surface area contributed by atoms with E-state index in [9.17, 15) is 9.59 Å². The second-order valence-corrected chi connectivity index (χ2v) is 6.02.